The van der Waals surface area contributed by atoms with Crippen LogP contribution < -0.4 is 0 Å². The third kappa shape index (κ3) is 23.5. The number of Topliss-reactive ketones (excluding diaryl/α,β-unsaturated/α-hetero) is 5. The first-order valence-corrected chi connectivity index (χ1v) is 46.5. The summed E-state index contributed by atoms with van der Waals surface area (Å²) in [6.07, 6.45) is 14.1. The second-order valence-corrected chi connectivity index (χ2v) is 35.6. The SMILES string of the molecule is Cc1ccc(C)c(-n2cnc3cc(C(=O)CCc4ccccc4Cl)ccc32)c1.Cc1cccc(-n2cnc3cc(C(=O)CCc4ccc(Cl)cc4)ccc32)c1.Cc1cccc(-n2cnc3cc(C(=O)CCc4cccc(Cl)c4)ccc32)c1.Cc1cccc(-n2cnc3cc(C(=O)CCc4ccccc4Cl)ccc32)c1.Cc1cccc(-n2cnc3cc(C(=O)CCc4ccccc4F)ccc32)c1. The number of aromatic nitrogens is 10. The molecule has 0 aliphatic rings. The van der Waals surface area contributed by atoms with Crippen molar-refractivity contribution in [2.24, 2.45) is 0 Å². The van der Waals surface area contributed by atoms with Crippen LogP contribution in [0.4, 0.5) is 4.39 Å². The van der Waals surface area contributed by atoms with Crippen molar-refractivity contribution in [3.63, 3.8) is 0 Å². The van der Waals surface area contributed by atoms with E-state index < -0.39 is 0 Å². The van der Waals surface area contributed by atoms with Crippen molar-refractivity contribution in [1.82, 2.24) is 47.8 Å². The molecule has 0 atom stereocenters. The van der Waals surface area contributed by atoms with Gasteiger partial charge in [0.15, 0.2) is 28.9 Å². The molecule has 0 spiro atoms. The van der Waals surface area contributed by atoms with Gasteiger partial charge in [0, 0.05) is 103 Å². The molecule has 0 fully saturated rings. The Labute approximate surface area is 809 Å². The molecule has 676 valence electrons. The van der Waals surface area contributed by atoms with Crippen molar-refractivity contribution in [2.75, 3.05) is 0 Å². The summed E-state index contributed by atoms with van der Waals surface area (Å²) in [5, 5.41) is 2.82. The first kappa shape index (κ1) is 94.3. The maximum absolute atomic E-state index is 13.7. The number of aryl methyl sites for hydroxylation is 11. The van der Waals surface area contributed by atoms with Crippen molar-refractivity contribution < 1.29 is 28.4 Å². The molecule has 136 heavy (non-hydrogen) atoms. The number of halogens is 5. The second kappa shape index (κ2) is 43.8. The van der Waals surface area contributed by atoms with Crippen LogP contribution in [0, 0.1) is 47.4 Å². The minimum Gasteiger partial charge on any atom is -0.299 e. The van der Waals surface area contributed by atoms with E-state index in [1.165, 1.54) is 39.4 Å². The Morgan fingerprint density at radius 3 is 0.919 bits per heavy atom. The molecule has 0 bridgehead atoms. The summed E-state index contributed by atoms with van der Waals surface area (Å²) in [6.45, 7) is 12.4. The molecule has 0 radical (unpaired) electrons. The second-order valence-electron chi connectivity index (χ2n) is 33.9. The fraction of sp³-hybridized carbons (Fsp3) is 0.138. The predicted octanol–water partition coefficient (Wildman–Crippen LogP) is 28.8. The topological polar surface area (TPSA) is 174 Å². The molecular formula is C116H97Cl4FN10O5. The molecule has 15 nitrogen and oxygen atoms in total. The van der Waals surface area contributed by atoms with Gasteiger partial charge in [-0.2, -0.15) is 0 Å². The average molecular weight is 1870 g/mol. The predicted molar refractivity (Wildman–Crippen MR) is 549 cm³/mol. The number of ketones is 5. The highest BCUT2D eigenvalue weighted by Gasteiger charge is 2.20. The number of nitrogens with zero attached hydrogens (tertiary/aromatic N) is 10. The van der Waals surface area contributed by atoms with Crippen LogP contribution in [0.1, 0.15) is 145 Å². The highest BCUT2D eigenvalue weighted by Crippen LogP contribution is 2.31. The third-order valence-electron chi connectivity index (χ3n) is 23.9. The fourth-order valence-corrected chi connectivity index (χ4v) is 17.3. The highest BCUT2D eigenvalue weighted by atomic mass is 35.5. The minimum atomic E-state index is -0.266. The molecule has 5 heterocycles. The lowest BCUT2D eigenvalue weighted by Gasteiger charge is -2.09. The molecule has 15 aromatic carbocycles. The zero-order chi connectivity index (χ0) is 94.9. The molecule has 0 saturated carbocycles. The van der Waals surface area contributed by atoms with Gasteiger partial charge in [-0.3, -0.25) is 46.8 Å². The van der Waals surface area contributed by atoms with Crippen LogP contribution in [-0.2, 0) is 32.1 Å². The summed E-state index contributed by atoms with van der Waals surface area (Å²) in [5.41, 5.74) is 29.6. The summed E-state index contributed by atoms with van der Waals surface area (Å²) in [5.74, 6) is 0.159. The summed E-state index contributed by atoms with van der Waals surface area (Å²) in [6, 6.07) is 105. The van der Waals surface area contributed by atoms with Crippen molar-refractivity contribution in [1.29, 1.82) is 0 Å². The molecule has 0 aliphatic carbocycles. The van der Waals surface area contributed by atoms with Crippen LogP contribution >= 0.6 is 46.4 Å². The Balaban J connectivity index is 0.000000123. The zero-order valence-electron chi connectivity index (χ0n) is 76.0. The molecule has 5 aromatic heterocycles. The van der Waals surface area contributed by atoms with E-state index in [1.807, 2.05) is 243 Å². The Kier molecular flexibility index (Phi) is 30.4. The first-order valence-electron chi connectivity index (χ1n) is 45.0. The molecule has 0 amide bonds. The van der Waals surface area contributed by atoms with Gasteiger partial charge >= 0.3 is 0 Å². The smallest absolute Gasteiger partial charge is 0.163 e. The quantitative estimate of drug-likeness (QED) is 0.0501. The Hall–Kier alpha value is -14.9. The van der Waals surface area contributed by atoms with Crippen molar-refractivity contribution >= 4 is 130 Å². The number of carbonyl (C=O) groups is 5. The monoisotopic (exact) mass is 1870 g/mol. The van der Waals surface area contributed by atoms with E-state index in [0.29, 0.717) is 111 Å². The average Bonchev–Trinajstić information content (AvgIpc) is 1.66. The summed E-state index contributed by atoms with van der Waals surface area (Å²) in [7, 11) is 0. The standard InChI is InChI=1S/C24H21ClN2O.3C23H19ClN2O.C23H19FN2O/c1-16-7-8-17(2)23(13-16)27-15-26-21-14-19(9-11-22(21)27)24(28)12-10-18-5-3-4-6-20(18)25;1-16-4-2-7-20(12-16)26-15-25-21-14-18(9-10-22(21)26)23(27)11-8-17-5-3-6-19(24)13-17;1-16-5-4-7-19(13-16)26-15-25-21-14-18(9-11-22(21)26)23(27)12-10-17-6-2-3-8-20(17)24;1-16-3-2-4-20(13-16)26-15-25-21-14-18(8-11-22(21)26)23(27)12-7-17-5-9-19(24)10-6-17;1-16-5-4-7-19(13-16)26-15-25-21-14-18(9-11-22(21)26)23(27)12-10-17-6-2-3-8-20(17)24/h3-9,11,13-15H,10,12H2,1-2H3;2-7,9-10,12-15H,8,11H2,1H3;2-9,11,13-15H,10,12H2,1H3;2-6,8-11,13-15H,7,12H2,1H3;2-9,11,13-15H,10,12H2,1H3. The number of hydrogen-bond donors (Lipinski definition) is 0. The van der Waals surface area contributed by atoms with Crippen LogP contribution in [-0.4, -0.2) is 76.7 Å². The van der Waals surface area contributed by atoms with Gasteiger partial charge in [0.25, 0.3) is 0 Å². The van der Waals surface area contributed by atoms with Gasteiger partial charge < -0.3 is 0 Å². The van der Waals surface area contributed by atoms with E-state index in [4.69, 9.17) is 46.4 Å². The van der Waals surface area contributed by atoms with Crippen LogP contribution in [0.5, 0.6) is 0 Å². The fourth-order valence-electron chi connectivity index (χ4n) is 16.5. The normalized spacial score (nSPS) is 11.1. The van der Waals surface area contributed by atoms with E-state index in [-0.39, 0.29) is 41.2 Å². The number of hydrogen-bond acceptors (Lipinski definition) is 10. The van der Waals surface area contributed by atoms with Crippen LogP contribution in [0.3, 0.4) is 0 Å². The Bertz CT molecular complexity index is 7620. The van der Waals surface area contributed by atoms with Crippen LogP contribution in [0.2, 0.25) is 20.1 Å². The van der Waals surface area contributed by atoms with E-state index in [2.05, 4.69) is 156 Å². The highest BCUT2D eigenvalue weighted by molar-refractivity contribution is 6.32. The molecule has 0 N–H and O–H groups in total. The molecule has 0 saturated heterocycles. The molecule has 20 heteroatoms. The van der Waals surface area contributed by atoms with Crippen molar-refractivity contribution in [2.45, 2.75) is 106 Å². The number of fused-ring (bicyclic) bond motifs is 5. The molecular weight excluding hydrogens is 1770 g/mol. The number of rotatable bonds is 25. The van der Waals surface area contributed by atoms with Gasteiger partial charge in [-0.15, -0.1) is 0 Å². The summed E-state index contributed by atoms with van der Waals surface area (Å²) < 4.78 is 23.9. The van der Waals surface area contributed by atoms with Crippen LogP contribution in [0.15, 0.2) is 359 Å². The van der Waals surface area contributed by atoms with E-state index in [0.717, 1.165) is 106 Å². The van der Waals surface area contributed by atoms with E-state index in [9.17, 15) is 28.4 Å². The molecule has 0 aliphatic heterocycles. The number of carbonyl (C=O) groups excluding carboxylic acids is 5. The molecule has 20 aromatic rings. The van der Waals surface area contributed by atoms with Crippen molar-refractivity contribution in [3.05, 3.63) is 474 Å². The number of imidazole rings is 5. The first-order chi connectivity index (χ1) is 65.9. The summed E-state index contributed by atoms with van der Waals surface area (Å²) >= 11 is 24.3. The van der Waals surface area contributed by atoms with Gasteiger partial charge in [-0.25, -0.2) is 29.3 Å². The van der Waals surface area contributed by atoms with Gasteiger partial charge in [0.05, 0.1) is 60.9 Å². The minimum absolute atomic E-state index is 0.00902. The lowest BCUT2D eigenvalue weighted by molar-refractivity contribution is 0.0975. The molecule has 0 unspecified atom stereocenters. The third-order valence-corrected chi connectivity index (χ3v) is 25.1. The maximum Gasteiger partial charge on any atom is 0.163 e. The largest absolute Gasteiger partial charge is 0.299 e. The van der Waals surface area contributed by atoms with E-state index >= 15 is 0 Å². The maximum atomic E-state index is 13.7. The zero-order valence-corrected chi connectivity index (χ0v) is 79.1. The lowest BCUT2D eigenvalue weighted by atomic mass is 10.0. The van der Waals surface area contributed by atoms with Gasteiger partial charge in [0.1, 0.15) is 37.5 Å². The Morgan fingerprint density at radius 1 is 0.257 bits per heavy atom. The summed E-state index contributed by atoms with van der Waals surface area (Å²) in [4.78, 5) is 85.5. The van der Waals surface area contributed by atoms with E-state index in [1.54, 1.807) is 43.5 Å². The van der Waals surface area contributed by atoms with Crippen LogP contribution in [0.25, 0.3) is 83.6 Å². The molecule has 20 rings (SSSR count). The Morgan fingerprint density at radius 2 is 0.566 bits per heavy atom. The van der Waals surface area contributed by atoms with Gasteiger partial charge in [-0.1, -0.05) is 186 Å². The van der Waals surface area contributed by atoms with Gasteiger partial charge in [0.2, 0.25) is 0 Å². The van der Waals surface area contributed by atoms with Crippen molar-refractivity contribution in [3.8, 4) is 28.4 Å². The van der Waals surface area contributed by atoms with Gasteiger partial charge in [-0.05, 0) is 323 Å². The lowest BCUT2D eigenvalue weighted by Crippen LogP contribution is -2.02. The number of benzene rings is 15.